The van der Waals surface area contributed by atoms with E-state index in [1.54, 1.807) is 0 Å². The Morgan fingerprint density at radius 1 is 1.44 bits per heavy atom. The number of aliphatic hydroxyl groups is 2. The maximum Gasteiger partial charge on any atom is 0.335 e. The number of rotatable bonds is 3. The van der Waals surface area contributed by atoms with Gasteiger partial charge in [-0.15, -0.1) is 0 Å². The second-order valence-corrected chi connectivity index (χ2v) is 3.06. The highest BCUT2D eigenvalue weighted by atomic mass is 19.1. The van der Waals surface area contributed by atoms with Crippen molar-refractivity contribution < 1.29 is 24.5 Å². The minimum absolute atomic E-state index is 0.278. The molecule has 16 heavy (non-hydrogen) atoms. The number of hydrogen-bond donors (Lipinski definition) is 3. The monoisotopic (exact) mass is 225 g/mol. The van der Waals surface area contributed by atoms with Gasteiger partial charge in [-0.2, -0.15) is 5.26 Å². The zero-order chi connectivity index (χ0) is 12.3. The van der Waals surface area contributed by atoms with Crippen molar-refractivity contribution in [3.8, 4) is 6.07 Å². The average Bonchev–Trinajstić information content (AvgIpc) is 2.26. The molecule has 0 bridgehead atoms. The zero-order valence-corrected chi connectivity index (χ0v) is 7.96. The van der Waals surface area contributed by atoms with Crippen LogP contribution in [0.5, 0.6) is 0 Å². The highest BCUT2D eigenvalue weighted by molar-refractivity contribution is 5.87. The third kappa shape index (κ3) is 2.34. The van der Waals surface area contributed by atoms with Crippen molar-refractivity contribution in [3.05, 3.63) is 35.1 Å². The smallest absolute Gasteiger partial charge is 0.335 e. The number of aliphatic hydroxyl groups excluding tert-OH is 2. The predicted molar refractivity (Wildman–Crippen MR) is 49.9 cm³/mol. The fourth-order valence-corrected chi connectivity index (χ4v) is 1.14. The molecule has 2 unspecified atom stereocenters. The summed E-state index contributed by atoms with van der Waals surface area (Å²) in [5, 5.41) is 35.2. The number of nitriles is 1. The highest BCUT2D eigenvalue weighted by Gasteiger charge is 2.21. The highest BCUT2D eigenvalue weighted by Crippen LogP contribution is 2.21. The van der Waals surface area contributed by atoms with E-state index in [4.69, 9.17) is 15.5 Å². The van der Waals surface area contributed by atoms with Crippen LogP contribution >= 0.6 is 0 Å². The predicted octanol–water partition coefficient (Wildman–Crippen LogP) is 0.442. The van der Waals surface area contributed by atoms with Gasteiger partial charge in [0.05, 0.1) is 11.6 Å². The number of nitrogens with zero attached hydrogens (tertiary/aromatic N) is 1. The van der Waals surface area contributed by atoms with E-state index in [2.05, 4.69) is 0 Å². The van der Waals surface area contributed by atoms with E-state index < -0.39 is 24.0 Å². The van der Waals surface area contributed by atoms with Gasteiger partial charge in [-0.05, 0) is 12.1 Å². The lowest BCUT2D eigenvalue weighted by Gasteiger charge is -2.12. The summed E-state index contributed by atoms with van der Waals surface area (Å²) in [4.78, 5) is 10.5. The van der Waals surface area contributed by atoms with Crippen LogP contribution < -0.4 is 0 Å². The Hall–Kier alpha value is -1.97. The molecule has 0 aliphatic rings. The van der Waals surface area contributed by atoms with Gasteiger partial charge >= 0.3 is 5.97 Å². The van der Waals surface area contributed by atoms with Gasteiger partial charge in [-0.1, -0.05) is 6.07 Å². The third-order valence-corrected chi connectivity index (χ3v) is 2.00. The van der Waals surface area contributed by atoms with Crippen molar-refractivity contribution >= 4 is 5.97 Å². The molecule has 0 saturated carbocycles. The lowest BCUT2D eigenvalue weighted by molar-refractivity contribution is 0.0502. The molecule has 0 fully saturated rings. The quantitative estimate of drug-likeness (QED) is 0.648. The Balaban J connectivity index is 3.09. The number of hydrogen-bond acceptors (Lipinski definition) is 4. The van der Waals surface area contributed by atoms with Crippen LogP contribution in [0.15, 0.2) is 18.2 Å². The largest absolute Gasteiger partial charge is 0.478 e. The van der Waals surface area contributed by atoms with E-state index in [1.165, 1.54) is 6.07 Å². The van der Waals surface area contributed by atoms with Crippen molar-refractivity contribution in [2.75, 3.05) is 0 Å². The van der Waals surface area contributed by atoms with Crippen LogP contribution in [0.25, 0.3) is 0 Å². The first-order valence-corrected chi connectivity index (χ1v) is 4.26. The second-order valence-electron chi connectivity index (χ2n) is 3.06. The van der Waals surface area contributed by atoms with E-state index in [-0.39, 0.29) is 11.1 Å². The van der Waals surface area contributed by atoms with Gasteiger partial charge in [0, 0.05) is 5.56 Å². The van der Waals surface area contributed by atoms with Crippen LogP contribution in [0.2, 0.25) is 0 Å². The lowest BCUT2D eigenvalue weighted by atomic mass is 10.0. The van der Waals surface area contributed by atoms with Crippen molar-refractivity contribution in [1.29, 1.82) is 5.26 Å². The standard InChI is InChI=1S/C10H8FNO4/c11-7-3-5(10(15)16)1-2-6(7)9(14)8(13)4-12/h1-3,8-9,13-14H,(H,15,16). The van der Waals surface area contributed by atoms with E-state index >= 15 is 0 Å². The summed E-state index contributed by atoms with van der Waals surface area (Å²) in [5.74, 6) is -2.29. The molecule has 0 aromatic heterocycles. The van der Waals surface area contributed by atoms with Gasteiger partial charge < -0.3 is 15.3 Å². The Labute approximate surface area is 90.0 Å². The van der Waals surface area contributed by atoms with Crippen LogP contribution in [0, 0.1) is 17.1 Å². The van der Waals surface area contributed by atoms with Gasteiger partial charge in [-0.3, -0.25) is 0 Å². The van der Waals surface area contributed by atoms with Crippen LogP contribution in [-0.4, -0.2) is 27.4 Å². The Kier molecular flexibility index (Phi) is 3.55. The molecule has 0 heterocycles. The Bertz CT molecular complexity index is 455. The molecular formula is C10H8FNO4. The van der Waals surface area contributed by atoms with E-state index in [0.29, 0.717) is 6.07 Å². The minimum Gasteiger partial charge on any atom is -0.478 e. The van der Waals surface area contributed by atoms with Crippen molar-refractivity contribution in [3.63, 3.8) is 0 Å². The molecule has 0 aliphatic carbocycles. The molecule has 3 N–H and O–H groups in total. The van der Waals surface area contributed by atoms with E-state index in [9.17, 15) is 14.3 Å². The molecule has 84 valence electrons. The van der Waals surface area contributed by atoms with Crippen LogP contribution in [0.4, 0.5) is 4.39 Å². The summed E-state index contributed by atoms with van der Waals surface area (Å²) < 4.78 is 13.3. The first-order chi connectivity index (χ1) is 7.47. The first-order valence-electron chi connectivity index (χ1n) is 4.26. The van der Waals surface area contributed by atoms with Crippen molar-refractivity contribution in [1.82, 2.24) is 0 Å². The number of carbonyl (C=O) groups is 1. The summed E-state index contributed by atoms with van der Waals surface area (Å²) in [5.41, 5.74) is -0.598. The number of carboxylic acids is 1. The molecule has 0 radical (unpaired) electrons. The van der Waals surface area contributed by atoms with Gasteiger partial charge in [0.2, 0.25) is 0 Å². The summed E-state index contributed by atoms with van der Waals surface area (Å²) in [6.07, 6.45) is -3.46. The fourth-order valence-electron chi connectivity index (χ4n) is 1.14. The Morgan fingerprint density at radius 3 is 2.50 bits per heavy atom. The number of carboxylic acid groups (broad SMARTS) is 1. The van der Waals surface area contributed by atoms with E-state index in [0.717, 1.165) is 12.1 Å². The maximum atomic E-state index is 13.3. The summed E-state index contributed by atoms with van der Waals surface area (Å²) in [7, 11) is 0. The van der Waals surface area contributed by atoms with Crippen molar-refractivity contribution in [2.45, 2.75) is 12.2 Å². The first kappa shape index (κ1) is 12.1. The molecular weight excluding hydrogens is 217 g/mol. The topological polar surface area (TPSA) is 102 Å². The molecule has 2 atom stereocenters. The van der Waals surface area contributed by atoms with Crippen LogP contribution in [0.1, 0.15) is 22.0 Å². The van der Waals surface area contributed by atoms with Gasteiger partial charge in [0.15, 0.2) is 6.10 Å². The average molecular weight is 225 g/mol. The van der Waals surface area contributed by atoms with Gasteiger partial charge in [0.1, 0.15) is 11.9 Å². The van der Waals surface area contributed by atoms with E-state index in [1.807, 2.05) is 0 Å². The minimum atomic E-state index is -1.76. The summed E-state index contributed by atoms with van der Waals surface area (Å²) in [6.45, 7) is 0. The zero-order valence-electron chi connectivity index (χ0n) is 7.96. The molecule has 1 rings (SSSR count). The van der Waals surface area contributed by atoms with Crippen LogP contribution in [-0.2, 0) is 0 Å². The second kappa shape index (κ2) is 4.70. The fraction of sp³-hybridized carbons (Fsp3) is 0.200. The number of halogens is 1. The molecule has 0 amide bonds. The molecule has 5 nitrogen and oxygen atoms in total. The summed E-state index contributed by atoms with van der Waals surface area (Å²) in [6, 6.07) is 4.16. The Morgan fingerprint density at radius 2 is 2.06 bits per heavy atom. The number of aromatic carboxylic acids is 1. The molecule has 0 aliphatic heterocycles. The maximum absolute atomic E-state index is 13.3. The van der Waals surface area contributed by atoms with Crippen molar-refractivity contribution in [2.24, 2.45) is 0 Å². The third-order valence-electron chi connectivity index (χ3n) is 2.00. The molecule has 0 saturated heterocycles. The SMILES string of the molecule is N#CC(O)C(O)c1ccc(C(=O)O)cc1F. The molecule has 1 aromatic rings. The van der Waals surface area contributed by atoms with Gasteiger partial charge in [-0.25, -0.2) is 9.18 Å². The summed E-state index contributed by atoms with van der Waals surface area (Å²) >= 11 is 0. The van der Waals surface area contributed by atoms with Gasteiger partial charge in [0.25, 0.3) is 0 Å². The van der Waals surface area contributed by atoms with Crippen LogP contribution in [0.3, 0.4) is 0 Å². The normalized spacial score (nSPS) is 13.9. The molecule has 6 heteroatoms. The molecule has 1 aromatic carbocycles. The number of benzene rings is 1. The molecule has 0 spiro atoms. The lowest BCUT2D eigenvalue weighted by Crippen LogP contribution is -2.17.